The van der Waals surface area contributed by atoms with Gasteiger partial charge < -0.3 is 29.6 Å². The van der Waals surface area contributed by atoms with Gasteiger partial charge in [-0.3, -0.25) is 14.4 Å². The third-order valence-electron chi connectivity index (χ3n) is 9.45. The summed E-state index contributed by atoms with van der Waals surface area (Å²) in [5.41, 5.74) is 5.15. The molecule has 0 aromatic heterocycles. The van der Waals surface area contributed by atoms with Crippen molar-refractivity contribution < 1.29 is 33.3 Å². The first-order valence-corrected chi connectivity index (χ1v) is 16.5. The Hall–Kier alpha value is -2.65. The average molecular weight is 633 g/mol. The summed E-state index contributed by atoms with van der Waals surface area (Å²) >= 11 is 0. The van der Waals surface area contributed by atoms with Crippen LogP contribution in [0.2, 0.25) is 0 Å². The van der Waals surface area contributed by atoms with Crippen LogP contribution in [0.5, 0.6) is 11.5 Å². The van der Waals surface area contributed by atoms with Crippen molar-refractivity contribution in [2.75, 3.05) is 27.4 Å². The Morgan fingerprint density at radius 1 is 1.02 bits per heavy atom. The SMILES string of the molecule is COCCCOc1cc(C[C@@H](C[C@H]2[C@H](C[C@H](C(=O)CCC(C)(C)C(N)=O)C(C)C)OC(C)(C)N2C(C)=O)C(C)C)ccc1OC. The summed E-state index contributed by atoms with van der Waals surface area (Å²) in [7, 11) is 3.32. The molecule has 9 heteroatoms. The Morgan fingerprint density at radius 2 is 1.69 bits per heavy atom. The van der Waals surface area contributed by atoms with Crippen LogP contribution >= 0.6 is 0 Å². The number of carbonyl (C=O) groups is 3. The number of nitrogens with zero attached hydrogens (tertiary/aromatic N) is 1. The van der Waals surface area contributed by atoms with E-state index in [4.69, 9.17) is 24.7 Å². The van der Waals surface area contributed by atoms with Crippen molar-refractivity contribution in [2.45, 2.75) is 119 Å². The monoisotopic (exact) mass is 632 g/mol. The van der Waals surface area contributed by atoms with Crippen LogP contribution in [0.4, 0.5) is 0 Å². The van der Waals surface area contributed by atoms with Crippen molar-refractivity contribution in [2.24, 2.45) is 34.8 Å². The van der Waals surface area contributed by atoms with E-state index in [0.29, 0.717) is 43.5 Å². The maximum Gasteiger partial charge on any atom is 0.223 e. The first-order chi connectivity index (χ1) is 20.9. The number of amides is 2. The topological polar surface area (TPSA) is 117 Å². The molecule has 1 aliphatic heterocycles. The van der Waals surface area contributed by atoms with Crippen LogP contribution in [-0.4, -0.2) is 67.8 Å². The molecule has 0 bridgehead atoms. The summed E-state index contributed by atoms with van der Waals surface area (Å²) in [4.78, 5) is 40.4. The molecule has 9 nitrogen and oxygen atoms in total. The van der Waals surface area contributed by atoms with Gasteiger partial charge in [0.05, 0.1) is 25.9 Å². The minimum atomic E-state index is -0.801. The lowest BCUT2D eigenvalue weighted by molar-refractivity contribution is -0.146. The third kappa shape index (κ3) is 10.7. The van der Waals surface area contributed by atoms with Gasteiger partial charge in [0.25, 0.3) is 0 Å². The molecule has 2 rings (SSSR count). The summed E-state index contributed by atoms with van der Waals surface area (Å²) in [6, 6.07) is 5.89. The van der Waals surface area contributed by atoms with Crippen LogP contribution in [0.25, 0.3) is 0 Å². The lowest BCUT2D eigenvalue weighted by Gasteiger charge is -2.36. The van der Waals surface area contributed by atoms with Gasteiger partial charge in [0.15, 0.2) is 11.5 Å². The van der Waals surface area contributed by atoms with Crippen molar-refractivity contribution in [3.05, 3.63) is 23.8 Å². The van der Waals surface area contributed by atoms with Crippen molar-refractivity contribution in [3.8, 4) is 11.5 Å². The maximum atomic E-state index is 13.6. The number of ketones is 1. The van der Waals surface area contributed by atoms with Crippen LogP contribution in [0, 0.1) is 29.1 Å². The highest BCUT2D eigenvalue weighted by Gasteiger charge is 2.50. The molecular weight excluding hydrogens is 572 g/mol. The molecule has 1 aromatic rings. The molecule has 1 heterocycles. The number of rotatable bonds is 19. The number of nitrogens with two attached hydrogens (primary N) is 1. The van der Waals surface area contributed by atoms with Gasteiger partial charge in [-0.2, -0.15) is 0 Å². The minimum Gasteiger partial charge on any atom is -0.493 e. The van der Waals surface area contributed by atoms with Gasteiger partial charge in [-0.05, 0) is 75.0 Å². The molecule has 2 amide bonds. The fourth-order valence-electron chi connectivity index (χ4n) is 6.47. The zero-order valence-electron chi connectivity index (χ0n) is 29.7. The molecule has 0 spiro atoms. The normalized spacial score (nSPS) is 19.5. The molecule has 2 N–H and O–H groups in total. The second kappa shape index (κ2) is 16.8. The molecule has 45 heavy (non-hydrogen) atoms. The number of carbonyl (C=O) groups excluding carboxylic acids is 3. The zero-order chi connectivity index (χ0) is 34.1. The van der Waals surface area contributed by atoms with E-state index >= 15 is 0 Å². The highest BCUT2D eigenvalue weighted by molar-refractivity contribution is 5.84. The third-order valence-corrected chi connectivity index (χ3v) is 9.45. The Balaban J connectivity index is 2.34. The summed E-state index contributed by atoms with van der Waals surface area (Å²) in [6.45, 7) is 18.7. The Kier molecular flexibility index (Phi) is 14.4. The fraction of sp³-hybridized carbons (Fsp3) is 0.750. The first-order valence-electron chi connectivity index (χ1n) is 16.5. The van der Waals surface area contributed by atoms with E-state index in [-0.39, 0.29) is 48.0 Å². The van der Waals surface area contributed by atoms with Gasteiger partial charge in [0.2, 0.25) is 11.8 Å². The quantitative estimate of drug-likeness (QED) is 0.181. The molecule has 1 aromatic carbocycles. The van der Waals surface area contributed by atoms with Crippen LogP contribution in [0.1, 0.15) is 100.0 Å². The van der Waals surface area contributed by atoms with E-state index in [1.54, 1.807) is 35.0 Å². The van der Waals surface area contributed by atoms with Crippen LogP contribution in [-0.2, 0) is 30.3 Å². The predicted octanol–water partition coefficient (Wildman–Crippen LogP) is 6.19. The van der Waals surface area contributed by atoms with E-state index < -0.39 is 17.0 Å². The van der Waals surface area contributed by atoms with Crippen LogP contribution < -0.4 is 15.2 Å². The highest BCUT2D eigenvalue weighted by atomic mass is 16.5. The van der Waals surface area contributed by atoms with E-state index in [2.05, 4.69) is 39.8 Å². The lowest BCUT2D eigenvalue weighted by Crippen LogP contribution is -2.48. The number of benzene rings is 1. The van der Waals surface area contributed by atoms with Gasteiger partial charge in [-0.25, -0.2) is 0 Å². The number of primary amides is 1. The fourth-order valence-corrected chi connectivity index (χ4v) is 6.47. The molecule has 1 saturated heterocycles. The molecule has 0 saturated carbocycles. The lowest BCUT2D eigenvalue weighted by atomic mass is 9.78. The smallest absolute Gasteiger partial charge is 0.223 e. The first kappa shape index (κ1) is 38.5. The largest absolute Gasteiger partial charge is 0.493 e. The molecule has 1 aliphatic rings. The Labute approximate surface area is 271 Å². The van der Waals surface area contributed by atoms with Crippen molar-refractivity contribution >= 4 is 17.6 Å². The highest BCUT2D eigenvalue weighted by Crippen LogP contribution is 2.41. The Bertz CT molecular complexity index is 1130. The second-order valence-electron chi connectivity index (χ2n) is 14.5. The van der Waals surface area contributed by atoms with Crippen molar-refractivity contribution in [1.29, 1.82) is 0 Å². The number of hydrogen-bond acceptors (Lipinski definition) is 7. The number of hydrogen-bond donors (Lipinski definition) is 1. The molecule has 4 atom stereocenters. The van der Waals surface area contributed by atoms with E-state index in [1.807, 2.05) is 24.8 Å². The average Bonchev–Trinajstić information content (AvgIpc) is 3.20. The Morgan fingerprint density at radius 3 is 2.22 bits per heavy atom. The number of ether oxygens (including phenoxy) is 4. The minimum absolute atomic E-state index is 0.0400. The van der Waals surface area contributed by atoms with Gasteiger partial charge >= 0.3 is 0 Å². The molecule has 0 aliphatic carbocycles. The van der Waals surface area contributed by atoms with Crippen LogP contribution in [0.3, 0.4) is 0 Å². The molecule has 1 fully saturated rings. The van der Waals surface area contributed by atoms with Crippen molar-refractivity contribution in [3.63, 3.8) is 0 Å². The summed E-state index contributed by atoms with van der Waals surface area (Å²) < 4.78 is 23.4. The van der Waals surface area contributed by atoms with Crippen molar-refractivity contribution in [1.82, 2.24) is 4.90 Å². The van der Waals surface area contributed by atoms with E-state index in [1.165, 1.54) is 0 Å². The van der Waals surface area contributed by atoms with E-state index in [0.717, 1.165) is 24.8 Å². The summed E-state index contributed by atoms with van der Waals surface area (Å²) in [5.74, 6) is 1.44. The van der Waals surface area contributed by atoms with Gasteiger partial charge in [-0.1, -0.05) is 47.6 Å². The van der Waals surface area contributed by atoms with Gasteiger partial charge in [0.1, 0.15) is 11.5 Å². The number of methoxy groups -OCH3 is 2. The molecule has 256 valence electrons. The molecule has 0 unspecified atom stereocenters. The maximum absolute atomic E-state index is 13.6. The summed E-state index contributed by atoms with van der Waals surface area (Å²) in [5, 5.41) is 0. The van der Waals surface area contributed by atoms with Crippen LogP contribution in [0.15, 0.2) is 18.2 Å². The van der Waals surface area contributed by atoms with Gasteiger partial charge in [0, 0.05) is 44.8 Å². The molecular formula is C36H60N2O7. The zero-order valence-corrected chi connectivity index (χ0v) is 29.7. The van der Waals surface area contributed by atoms with E-state index in [9.17, 15) is 14.4 Å². The number of Topliss-reactive ketones (excluding diaryl/α,β-unsaturated/α-hetero) is 1. The summed E-state index contributed by atoms with van der Waals surface area (Å²) in [6.07, 6.45) is 3.19. The predicted molar refractivity (Wildman–Crippen MR) is 177 cm³/mol. The van der Waals surface area contributed by atoms with Gasteiger partial charge in [-0.15, -0.1) is 0 Å². The molecule has 0 radical (unpaired) electrons. The standard InChI is InChI=1S/C36H60N2O7/c1-23(2)27(19-26-13-14-31(43-11)33(20-26)44-18-12-17-42-10)21-29-32(45-36(8,9)38(29)25(5)39)22-28(24(3)4)30(40)15-16-35(6,7)34(37)41/h13-14,20,23-24,27-29,32H,12,15-19,21-22H2,1-11H3,(H2,37,41)/t27-,28-,29-,32-/m0/s1. The second-order valence-corrected chi connectivity index (χ2v) is 14.5.